The normalized spacial score (nSPS) is 18.0. The van der Waals surface area contributed by atoms with Crippen LogP contribution in [0.25, 0.3) is 0 Å². The molecule has 0 aliphatic carbocycles. The van der Waals surface area contributed by atoms with Crippen LogP contribution in [0, 0.1) is 0 Å². The van der Waals surface area contributed by atoms with E-state index >= 15 is 0 Å². The summed E-state index contributed by atoms with van der Waals surface area (Å²) in [6.45, 7) is 1.61. The van der Waals surface area contributed by atoms with E-state index in [1.54, 1.807) is 17.0 Å². The molecule has 1 unspecified atom stereocenters. The Labute approximate surface area is 143 Å². The van der Waals surface area contributed by atoms with Crippen LogP contribution in [0.4, 0.5) is 0 Å². The molecule has 23 heavy (non-hydrogen) atoms. The molecule has 0 bridgehead atoms. The van der Waals surface area contributed by atoms with Gasteiger partial charge in [0, 0.05) is 23.6 Å². The van der Waals surface area contributed by atoms with Crippen LogP contribution in [0.15, 0.2) is 45.3 Å². The van der Waals surface area contributed by atoms with Gasteiger partial charge in [-0.3, -0.25) is 4.79 Å². The molecule has 1 fully saturated rings. The minimum atomic E-state index is -0.102. The number of rotatable bonds is 4. The SMILES string of the molecule is NC1CCCN(C(=O)c2ccc(COc3ccc(Br)cc3)o2)C1. The first kappa shape index (κ1) is 16.1. The van der Waals surface area contributed by atoms with Crippen LogP contribution in [0.3, 0.4) is 0 Å². The average Bonchev–Trinajstić information content (AvgIpc) is 3.02. The van der Waals surface area contributed by atoms with Crippen molar-refractivity contribution in [3.63, 3.8) is 0 Å². The van der Waals surface area contributed by atoms with Crippen LogP contribution in [-0.4, -0.2) is 29.9 Å². The summed E-state index contributed by atoms with van der Waals surface area (Å²) in [6.07, 6.45) is 1.90. The van der Waals surface area contributed by atoms with E-state index in [2.05, 4.69) is 15.9 Å². The highest BCUT2D eigenvalue weighted by atomic mass is 79.9. The summed E-state index contributed by atoms with van der Waals surface area (Å²) in [5.41, 5.74) is 5.92. The number of piperidine rings is 1. The van der Waals surface area contributed by atoms with Crippen molar-refractivity contribution in [1.29, 1.82) is 0 Å². The maximum atomic E-state index is 12.4. The summed E-state index contributed by atoms with van der Waals surface area (Å²) in [7, 11) is 0. The summed E-state index contributed by atoms with van der Waals surface area (Å²) in [5, 5.41) is 0. The van der Waals surface area contributed by atoms with Crippen LogP contribution >= 0.6 is 15.9 Å². The van der Waals surface area contributed by atoms with Gasteiger partial charge in [-0.2, -0.15) is 0 Å². The zero-order valence-electron chi connectivity index (χ0n) is 12.7. The van der Waals surface area contributed by atoms with Crippen molar-refractivity contribution in [1.82, 2.24) is 4.90 Å². The van der Waals surface area contributed by atoms with Crippen molar-refractivity contribution in [2.75, 3.05) is 13.1 Å². The molecule has 122 valence electrons. The van der Waals surface area contributed by atoms with Crippen molar-refractivity contribution in [3.8, 4) is 5.75 Å². The second kappa shape index (κ2) is 7.19. The fraction of sp³-hybridized carbons (Fsp3) is 0.353. The number of amides is 1. The van der Waals surface area contributed by atoms with Crippen molar-refractivity contribution in [2.45, 2.75) is 25.5 Å². The number of ether oxygens (including phenoxy) is 1. The molecule has 2 N–H and O–H groups in total. The van der Waals surface area contributed by atoms with Crippen molar-refractivity contribution in [3.05, 3.63) is 52.4 Å². The third kappa shape index (κ3) is 4.14. The molecule has 3 rings (SSSR count). The highest BCUT2D eigenvalue weighted by Gasteiger charge is 2.24. The fourth-order valence-electron chi connectivity index (χ4n) is 2.61. The standard InChI is InChI=1S/C17H19BrN2O3/c18-12-3-5-14(6-4-12)22-11-15-7-8-16(23-15)17(21)20-9-1-2-13(19)10-20/h3-8,13H,1-2,9-11,19H2. The Balaban J connectivity index is 1.59. The summed E-state index contributed by atoms with van der Waals surface area (Å²) in [4.78, 5) is 14.2. The van der Waals surface area contributed by atoms with E-state index in [0.29, 0.717) is 18.1 Å². The third-order valence-corrected chi connectivity index (χ3v) is 4.34. The predicted octanol–water partition coefficient (Wildman–Crippen LogP) is 3.18. The first-order valence-corrected chi connectivity index (χ1v) is 8.43. The molecule has 5 nitrogen and oxygen atoms in total. The Kier molecular flexibility index (Phi) is 5.03. The third-order valence-electron chi connectivity index (χ3n) is 3.81. The lowest BCUT2D eigenvalue weighted by atomic mass is 10.1. The zero-order valence-corrected chi connectivity index (χ0v) is 14.3. The molecule has 1 aliphatic heterocycles. The second-order valence-electron chi connectivity index (χ2n) is 5.66. The molecule has 1 atom stereocenters. The lowest BCUT2D eigenvalue weighted by Crippen LogP contribution is -2.45. The van der Waals surface area contributed by atoms with Crippen LogP contribution in [0.2, 0.25) is 0 Å². The predicted molar refractivity (Wildman–Crippen MR) is 90.3 cm³/mol. The van der Waals surface area contributed by atoms with E-state index in [1.807, 2.05) is 24.3 Å². The Morgan fingerprint density at radius 2 is 2.09 bits per heavy atom. The Morgan fingerprint density at radius 3 is 2.83 bits per heavy atom. The van der Waals surface area contributed by atoms with Gasteiger partial charge in [0.25, 0.3) is 5.91 Å². The molecule has 1 aromatic carbocycles. The summed E-state index contributed by atoms with van der Waals surface area (Å²) in [6, 6.07) is 11.1. The molecule has 0 saturated carbocycles. The lowest BCUT2D eigenvalue weighted by molar-refractivity contribution is 0.0672. The molecule has 6 heteroatoms. The Hall–Kier alpha value is -1.79. The number of benzene rings is 1. The second-order valence-corrected chi connectivity index (χ2v) is 6.58. The molecule has 1 aliphatic rings. The highest BCUT2D eigenvalue weighted by molar-refractivity contribution is 9.10. The van der Waals surface area contributed by atoms with E-state index in [0.717, 1.165) is 29.6 Å². The molecule has 1 amide bonds. The van der Waals surface area contributed by atoms with Gasteiger partial charge >= 0.3 is 0 Å². The molecule has 1 aromatic heterocycles. The first-order valence-electron chi connectivity index (χ1n) is 7.64. The molecule has 0 spiro atoms. The minimum absolute atomic E-state index is 0.0582. The molecular formula is C17H19BrN2O3. The van der Waals surface area contributed by atoms with Gasteiger partial charge in [-0.05, 0) is 49.2 Å². The van der Waals surface area contributed by atoms with E-state index in [-0.39, 0.29) is 18.6 Å². The maximum absolute atomic E-state index is 12.4. The van der Waals surface area contributed by atoms with Crippen molar-refractivity contribution in [2.24, 2.45) is 5.73 Å². The molecule has 2 heterocycles. The molecular weight excluding hydrogens is 360 g/mol. The zero-order chi connectivity index (χ0) is 16.2. The van der Waals surface area contributed by atoms with Gasteiger partial charge in [-0.15, -0.1) is 0 Å². The number of carbonyl (C=O) groups excluding carboxylic acids is 1. The number of nitrogens with zero attached hydrogens (tertiary/aromatic N) is 1. The van der Waals surface area contributed by atoms with E-state index in [9.17, 15) is 4.79 Å². The number of halogens is 1. The van der Waals surface area contributed by atoms with Crippen LogP contribution in [0.1, 0.15) is 29.2 Å². The summed E-state index contributed by atoms with van der Waals surface area (Å²) >= 11 is 3.38. The number of nitrogens with two attached hydrogens (primary N) is 1. The summed E-state index contributed by atoms with van der Waals surface area (Å²) < 4.78 is 12.3. The number of furan rings is 1. The topological polar surface area (TPSA) is 68.7 Å². The van der Waals surface area contributed by atoms with E-state index in [1.165, 1.54) is 0 Å². The largest absolute Gasteiger partial charge is 0.486 e. The number of hydrogen-bond acceptors (Lipinski definition) is 4. The van der Waals surface area contributed by atoms with Gasteiger partial charge in [0.2, 0.25) is 0 Å². The van der Waals surface area contributed by atoms with Crippen molar-refractivity contribution >= 4 is 21.8 Å². The monoisotopic (exact) mass is 378 g/mol. The fourth-order valence-corrected chi connectivity index (χ4v) is 2.87. The van der Waals surface area contributed by atoms with Crippen LogP contribution in [0.5, 0.6) is 5.75 Å². The average molecular weight is 379 g/mol. The van der Waals surface area contributed by atoms with Crippen LogP contribution in [-0.2, 0) is 6.61 Å². The van der Waals surface area contributed by atoms with E-state index < -0.39 is 0 Å². The Bertz CT molecular complexity index is 669. The first-order chi connectivity index (χ1) is 11.1. The van der Waals surface area contributed by atoms with E-state index in [4.69, 9.17) is 14.9 Å². The van der Waals surface area contributed by atoms with Gasteiger partial charge in [0.05, 0.1) is 0 Å². The van der Waals surface area contributed by atoms with Crippen LogP contribution < -0.4 is 10.5 Å². The van der Waals surface area contributed by atoms with Gasteiger partial charge in [0.15, 0.2) is 5.76 Å². The molecule has 0 radical (unpaired) electrons. The van der Waals surface area contributed by atoms with Gasteiger partial charge in [-0.25, -0.2) is 0 Å². The maximum Gasteiger partial charge on any atom is 0.289 e. The van der Waals surface area contributed by atoms with Gasteiger partial charge in [-0.1, -0.05) is 15.9 Å². The highest BCUT2D eigenvalue weighted by Crippen LogP contribution is 2.19. The Morgan fingerprint density at radius 1 is 1.30 bits per heavy atom. The van der Waals surface area contributed by atoms with Gasteiger partial charge < -0.3 is 19.8 Å². The molecule has 2 aromatic rings. The number of carbonyl (C=O) groups is 1. The van der Waals surface area contributed by atoms with Gasteiger partial charge in [0.1, 0.15) is 18.1 Å². The summed E-state index contributed by atoms with van der Waals surface area (Å²) in [5.74, 6) is 1.61. The number of hydrogen-bond donors (Lipinski definition) is 1. The minimum Gasteiger partial charge on any atom is -0.486 e. The smallest absolute Gasteiger partial charge is 0.289 e. The van der Waals surface area contributed by atoms with Crippen molar-refractivity contribution < 1.29 is 13.9 Å². The lowest BCUT2D eigenvalue weighted by Gasteiger charge is -2.30. The quantitative estimate of drug-likeness (QED) is 0.886. The number of likely N-dealkylation sites (tertiary alicyclic amines) is 1. The molecule has 1 saturated heterocycles.